The van der Waals surface area contributed by atoms with E-state index in [4.69, 9.17) is 9.51 Å². The van der Waals surface area contributed by atoms with Gasteiger partial charge < -0.3 is 9.42 Å². The van der Waals surface area contributed by atoms with Crippen molar-refractivity contribution in [3.05, 3.63) is 93.3 Å². The summed E-state index contributed by atoms with van der Waals surface area (Å²) in [6.45, 7) is 6.87. The zero-order valence-electron chi connectivity index (χ0n) is 19.3. The first-order chi connectivity index (χ1) is 16.6. The molecule has 0 saturated carbocycles. The summed E-state index contributed by atoms with van der Waals surface area (Å²) >= 11 is 3.22. The maximum absolute atomic E-state index is 13.2. The topological polar surface area (TPSA) is 72.5 Å². The second-order valence-corrected chi connectivity index (χ2v) is 10.6. The predicted molar refractivity (Wildman–Crippen MR) is 135 cm³/mol. The van der Waals surface area contributed by atoms with Gasteiger partial charge in [0.05, 0.1) is 28.4 Å². The fourth-order valence-electron chi connectivity index (χ4n) is 4.22. The van der Waals surface area contributed by atoms with Gasteiger partial charge in [0.1, 0.15) is 18.8 Å². The number of carbonyl (C=O) groups is 1. The molecule has 6 nitrogen and oxygen atoms in total. The Hall–Kier alpha value is -2.94. The Kier molecular flexibility index (Phi) is 6.80. The zero-order chi connectivity index (χ0) is 23.5. The molecule has 2 aromatic heterocycles. The first-order valence-electron chi connectivity index (χ1n) is 11.4. The van der Waals surface area contributed by atoms with E-state index in [0.717, 1.165) is 53.7 Å². The summed E-state index contributed by atoms with van der Waals surface area (Å²) in [6.07, 6.45) is 0.938. The number of aromatic nitrogens is 2. The average Bonchev–Trinajstić information content (AvgIpc) is 3.39. The molecule has 0 aliphatic carbocycles. The van der Waals surface area contributed by atoms with Gasteiger partial charge in [-0.1, -0.05) is 59.0 Å². The van der Waals surface area contributed by atoms with Crippen molar-refractivity contribution in [2.24, 2.45) is 0 Å². The van der Waals surface area contributed by atoms with E-state index < -0.39 is 0 Å². The lowest BCUT2D eigenvalue weighted by Gasteiger charge is -2.22. The third-order valence-corrected chi connectivity index (χ3v) is 8.22. The number of nitrogens with zero attached hydrogens (tertiary/aromatic N) is 2. The van der Waals surface area contributed by atoms with Gasteiger partial charge in [-0.25, -0.2) is 4.98 Å². The van der Waals surface area contributed by atoms with Crippen LogP contribution in [0.1, 0.15) is 43.5 Å². The molecule has 0 bridgehead atoms. The van der Waals surface area contributed by atoms with Gasteiger partial charge in [-0.3, -0.25) is 10.1 Å². The molecule has 5 rings (SSSR count). The molecule has 2 N–H and O–H groups in total. The molecule has 34 heavy (non-hydrogen) atoms. The highest BCUT2D eigenvalue weighted by molar-refractivity contribution is 7.98. The monoisotopic (exact) mass is 491 g/mol. The van der Waals surface area contributed by atoms with Crippen molar-refractivity contribution in [1.29, 1.82) is 0 Å². The minimum atomic E-state index is -0.124. The van der Waals surface area contributed by atoms with Crippen LogP contribution in [0.4, 0.5) is 5.13 Å². The molecule has 0 fully saturated rings. The molecular weight excluding hydrogens is 464 g/mol. The number of hydrogen-bond acceptors (Lipinski definition) is 6. The first kappa shape index (κ1) is 22.8. The lowest BCUT2D eigenvalue weighted by atomic mass is 10.1. The van der Waals surface area contributed by atoms with Crippen LogP contribution in [0.15, 0.2) is 64.0 Å². The third kappa shape index (κ3) is 5.09. The number of quaternary nitrogens is 1. The zero-order valence-corrected chi connectivity index (χ0v) is 20.9. The number of thiazole rings is 1. The molecule has 2 aromatic carbocycles. The van der Waals surface area contributed by atoms with Crippen molar-refractivity contribution < 1.29 is 14.2 Å². The number of amides is 1. The standard InChI is InChI=1S/C26H26N4O2S2/c1-17-21(18(2)32-29-17)16-33-23-11-7-6-10-20(23)25(31)28-26-27-22-12-13-30(15-24(22)34-26)14-19-8-4-3-5-9-19/h3-11H,12-16H2,1-2H3,(H,27,28,31)/p+1. The first-order valence-corrected chi connectivity index (χ1v) is 13.2. The van der Waals surface area contributed by atoms with Crippen LogP contribution in [0.25, 0.3) is 0 Å². The number of aryl methyl sites for hydroxylation is 2. The van der Waals surface area contributed by atoms with Crippen LogP contribution >= 0.6 is 23.1 Å². The Morgan fingerprint density at radius 3 is 2.74 bits per heavy atom. The molecule has 1 aliphatic heterocycles. The van der Waals surface area contributed by atoms with Crippen LogP contribution in [0, 0.1) is 13.8 Å². The molecule has 1 atom stereocenters. The SMILES string of the molecule is Cc1noc(C)c1CSc1ccccc1C(=O)Nc1nc2c(s1)C[NH+](Cc1ccccc1)CC2. The van der Waals surface area contributed by atoms with Gasteiger partial charge in [-0.15, -0.1) is 11.8 Å². The van der Waals surface area contributed by atoms with Crippen molar-refractivity contribution in [2.45, 2.75) is 44.0 Å². The van der Waals surface area contributed by atoms with E-state index in [1.807, 2.05) is 38.1 Å². The number of carbonyl (C=O) groups excluding carboxylic acids is 1. The molecule has 0 saturated heterocycles. The number of nitrogens with one attached hydrogen (secondary N) is 2. The fraction of sp³-hybridized carbons (Fsp3) is 0.269. The molecule has 3 heterocycles. The smallest absolute Gasteiger partial charge is 0.258 e. The number of thioether (sulfide) groups is 1. The molecule has 0 spiro atoms. The third-order valence-electron chi connectivity index (χ3n) is 6.11. The summed E-state index contributed by atoms with van der Waals surface area (Å²) < 4.78 is 5.27. The maximum Gasteiger partial charge on any atom is 0.258 e. The van der Waals surface area contributed by atoms with Crippen LogP contribution in [-0.2, 0) is 25.3 Å². The van der Waals surface area contributed by atoms with E-state index in [9.17, 15) is 4.79 Å². The second kappa shape index (κ2) is 10.1. The molecule has 8 heteroatoms. The van der Waals surface area contributed by atoms with E-state index >= 15 is 0 Å². The molecule has 4 aromatic rings. The number of fused-ring (bicyclic) bond motifs is 1. The summed E-state index contributed by atoms with van der Waals surface area (Å²) in [6, 6.07) is 18.3. The van der Waals surface area contributed by atoms with Crippen LogP contribution in [0.3, 0.4) is 0 Å². The van der Waals surface area contributed by atoms with Crippen molar-refractivity contribution in [2.75, 3.05) is 11.9 Å². The number of anilines is 1. The van der Waals surface area contributed by atoms with Crippen molar-refractivity contribution in [3.63, 3.8) is 0 Å². The highest BCUT2D eigenvalue weighted by Gasteiger charge is 2.25. The highest BCUT2D eigenvalue weighted by Crippen LogP contribution is 2.30. The summed E-state index contributed by atoms with van der Waals surface area (Å²) in [7, 11) is 0. The van der Waals surface area contributed by atoms with Gasteiger partial charge in [0.15, 0.2) is 5.13 Å². The lowest BCUT2D eigenvalue weighted by molar-refractivity contribution is -0.929. The maximum atomic E-state index is 13.2. The molecule has 1 aliphatic rings. The Bertz CT molecular complexity index is 1280. The second-order valence-electron chi connectivity index (χ2n) is 8.52. The molecule has 174 valence electrons. The van der Waals surface area contributed by atoms with E-state index in [2.05, 4.69) is 40.8 Å². The molecule has 0 radical (unpaired) electrons. The lowest BCUT2D eigenvalue weighted by Crippen LogP contribution is -3.10. The fourth-order valence-corrected chi connectivity index (χ4v) is 6.50. The van der Waals surface area contributed by atoms with E-state index in [0.29, 0.717) is 16.4 Å². The molecule has 1 amide bonds. The summed E-state index contributed by atoms with van der Waals surface area (Å²) in [5.41, 5.74) is 5.10. The minimum Gasteiger partial charge on any atom is -0.361 e. The Labute approximate surface area is 207 Å². The summed E-state index contributed by atoms with van der Waals surface area (Å²) in [5, 5.41) is 7.76. The summed E-state index contributed by atoms with van der Waals surface area (Å²) in [4.78, 5) is 21.6. The van der Waals surface area contributed by atoms with Gasteiger partial charge in [0, 0.05) is 28.2 Å². The Morgan fingerprint density at radius 2 is 1.94 bits per heavy atom. The Balaban J connectivity index is 1.25. The molecular formula is C26H27N4O2S2+. The number of hydrogen-bond donors (Lipinski definition) is 2. The molecule has 1 unspecified atom stereocenters. The number of rotatable bonds is 7. The quantitative estimate of drug-likeness (QED) is 0.374. The van der Waals surface area contributed by atoms with Gasteiger partial charge in [-0.2, -0.15) is 0 Å². The van der Waals surface area contributed by atoms with Crippen molar-refractivity contribution >= 4 is 34.1 Å². The summed E-state index contributed by atoms with van der Waals surface area (Å²) in [5.74, 6) is 1.40. The van der Waals surface area contributed by atoms with Gasteiger partial charge >= 0.3 is 0 Å². The van der Waals surface area contributed by atoms with Gasteiger partial charge in [0.25, 0.3) is 5.91 Å². The van der Waals surface area contributed by atoms with Crippen LogP contribution < -0.4 is 10.2 Å². The van der Waals surface area contributed by atoms with Gasteiger partial charge in [-0.05, 0) is 26.0 Å². The van der Waals surface area contributed by atoms with Gasteiger partial charge in [0.2, 0.25) is 0 Å². The van der Waals surface area contributed by atoms with Crippen molar-refractivity contribution in [1.82, 2.24) is 10.1 Å². The number of benzene rings is 2. The van der Waals surface area contributed by atoms with E-state index in [1.165, 1.54) is 15.3 Å². The largest absolute Gasteiger partial charge is 0.361 e. The van der Waals surface area contributed by atoms with E-state index in [-0.39, 0.29) is 5.91 Å². The van der Waals surface area contributed by atoms with Crippen molar-refractivity contribution in [3.8, 4) is 0 Å². The van der Waals surface area contributed by atoms with E-state index in [1.54, 1.807) is 23.1 Å². The average molecular weight is 492 g/mol. The van der Waals surface area contributed by atoms with Crippen LogP contribution in [0.5, 0.6) is 0 Å². The Morgan fingerprint density at radius 1 is 1.15 bits per heavy atom. The normalized spacial score (nSPS) is 15.2. The van der Waals surface area contributed by atoms with Crippen LogP contribution in [-0.4, -0.2) is 22.6 Å². The highest BCUT2D eigenvalue weighted by atomic mass is 32.2. The van der Waals surface area contributed by atoms with Crippen LogP contribution in [0.2, 0.25) is 0 Å². The minimum absolute atomic E-state index is 0.124. The predicted octanol–water partition coefficient (Wildman–Crippen LogP) is 4.43.